The summed E-state index contributed by atoms with van der Waals surface area (Å²) < 4.78 is 29.1. The summed E-state index contributed by atoms with van der Waals surface area (Å²) in [5, 5.41) is 23.2. The third-order valence-electron chi connectivity index (χ3n) is 5.20. The van der Waals surface area contributed by atoms with Crippen molar-refractivity contribution in [2.75, 3.05) is 18.0 Å². The van der Waals surface area contributed by atoms with Gasteiger partial charge in [0.25, 0.3) is 5.69 Å². The Balaban J connectivity index is 1.39. The second-order valence-corrected chi connectivity index (χ2v) is 8.71. The highest BCUT2D eigenvalue weighted by Gasteiger charge is 2.51. The minimum absolute atomic E-state index is 0.0473. The average molecular weight is 401 g/mol. The first-order valence-corrected chi connectivity index (χ1v) is 10.1. The van der Waals surface area contributed by atoms with Crippen LogP contribution in [0, 0.1) is 10.1 Å². The summed E-state index contributed by atoms with van der Waals surface area (Å²) in [6.07, 6.45) is 2.28. The molecule has 1 aromatic carbocycles. The lowest BCUT2D eigenvalue weighted by atomic mass is 9.91. The van der Waals surface area contributed by atoms with Gasteiger partial charge >= 0.3 is 0 Å². The smallest absolute Gasteiger partial charge is 0.270 e. The molecule has 0 spiro atoms. The summed E-state index contributed by atoms with van der Waals surface area (Å²) in [6, 6.07) is 8.46. The zero-order valence-electron chi connectivity index (χ0n) is 14.5. The molecule has 0 N–H and O–H groups in total. The summed E-state index contributed by atoms with van der Waals surface area (Å²) >= 11 is 0. The molecule has 2 unspecified atom stereocenters. The van der Waals surface area contributed by atoms with E-state index in [1.54, 1.807) is 4.52 Å². The molecule has 11 nitrogen and oxygen atoms in total. The molecule has 0 aliphatic carbocycles. The summed E-state index contributed by atoms with van der Waals surface area (Å²) in [6.45, 7) is 1.01. The molecule has 3 aliphatic rings. The van der Waals surface area contributed by atoms with Crippen LogP contribution in [0.15, 0.2) is 47.6 Å². The quantitative estimate of drug-likeness (QED) is 0.461. The van der Waals surface area contributed by atoms with Gasteiger partial charge in [0, 0.05) is 37.3 Å². The van der Waals surface area contributed by atoms with Gasteiger partial charge in [0.15, 0.2) is 5.65 Å². The molecule has 2 bridgehead atoms. The lowest BCUT2D eigenvalue weighted by Gasteiger charge is -2.55. The minimum Gasteiger partial charge on any atom is -0.352 e. The van der Waals surface area contributed by atoms with Crippen molar-refractivity contribution in [3.05, 3.63) is 52.8 Å². The van der Waals surface area contributed by atoms with E-state index in [-0.39, 0.29) is 22.7 Å². The van der Waals surface area contributed by atoms with Crippen molar-refractivity contribution in [1.82, 2.24) is 24.1 Å². The third kappa shape index (κ3) is 2.52. The largest absolute Gasteiger partial charge is 0.352 e. The zero-order chi connectivity index (χ0) is 19.5. The van der Waals surface area contributed by atoms with E-state index in [0.29, 0.717) is 18.7 Å². The maximum atomic E-state index is 13.0. The van der Waals surface area contributed by atoms with Crippen molar-refractivity contribution < 1.29 is 13.3 Å². The van der Waals surface area contributed by atoms with E-state index in [1.165, 1.54) is 28.8 Å². The highest BCUT2D eigenvalue weighted by atomic mass is 32.2. The van der Waals surface area contributed by atoms with Crippen LogP contribution < -0.4 is 4.90 Å². The lowest BCUT2D eigenvalue weighted by molar-refractivity contribution is -0.385. The second-order valence-electron chi connectivity index (χ2n) is 6.86. The monoisotopic (exact) mass is 401 g/mol. The molecule has 5 heterocycles. The van der Waals surface area contributed by atoms with E-state index in [4.69, 9.17) is 0 Å². The number of piperazine rings is 1. The maximum Gasteiger partial charge on any atom is 0.270 e. The first-order chi connectivity index (χ1) is 13.4. The van der Waals surface area contributed by atoms with E-state index in [2.05, 4.69) is 15.3 Å². The van der Waals surface area contributed by atoms with Crippen LogP contribution in [0.3, 0.4) is 0 Å². The highest BCUT2D eigenvalue weighted by Crippen LogP contribution is 2.39. The van der Waals surface area contributed by atoms with Crippen LogP contribution in [0.4, 0.5) is 11.5 Å². The standard InChI is InChI=1S/C16H15N7O4S/c24-23(25)11-2-1-3-14(7-11)28(26,27)22-12-6-13(22)9-20(8-12)16-5-4-15-18-17-10-21(15)19-16/h1-5,7,10,12-13H,6,8-9H2. The van der Waals surface area contributed by atoms with Crippen LogP contribution >= 0.6 is 0 Å². The molecule has 0 saturated carbocycles. The predicted molar refractivity (Wildman–Crippen MR) is 97.3 cm³/mol. The van der Waals surface area contributed by atoms with Crippen molar-refractivity contribution in [2.24, 2.45) is 0 Å². The van der Waals surface area contributed by atoms with E-state index in [9.17, 15) is 18.5 Å². The summed E-state index contributed by atoms with van der Waals surface area (Å²) in [5.74, 6) is 0.731. The molecule has 12 heteroatoms. The van der Waals surface area contributed by atoms with Crippen molar-refractivity contribution in [2.45, 2.75) is 23.4 Å². The Morgan fingerprint density at radius 3 is 2.68 bits per heavy atom. The van der Waals surface area contributed by atoms with Gasteiger partial charge in [-0.3, -0.25) is 10.1 Å². The number of nitrogens with zero attached hydrogens (tertiary/aromatic N) is 7. The Morgan fingerprint density at radius 1 is 1.14 bits per heavy atom. The van der Waals surface area contributed by atoms with Gasteiger partial charge in [-0.05, 0) is 24.6 Å². The highest BCUT2D eigenvalue weighted by molar-refractivity contribution is 7.89. The SMILES string of the molecule is O=[N+]([O-])c1cccc(S(=O)(=O)N2C3CC2CN(c2ccc4nncn4n2)C3)c1. The van der Waals surface area contributed by atoms with Crippen LogP contribution in [0.1, 0.15) is 6.42 Å². The molecular formula is C16H15N7O4S. The number of fused-ring (bicyclic) bond motifs is 3. The molecule has 6 rings (SSSR count). The minimum atomic E-state index is -3.79. The molecule has 2 atom stereocenters. The number of sulfonamides is 1. The van der Waals surface area contributed by atoms with Crippen LogP contribution in [-0.4, -0.2) is 62.6 Å². The number of hydrogen-bond donors (Lipinski definition) is 0. The van der Waals surface area contributed by atoms with Crippen molar-refractivity contribution >= 4 is 27.2 Å². The summed E-state index contributed by atoms with van der Waals surface area (Å²) in [5.41, 5.74) is 0.403. The fourth-order valence-electron chi connectivity index (χ4n) is 3.92. The Morgan fingerprint density at radius 2 is 1.93 bits per heavy atom. The Bertz CT molecular complexity index is 1180. The number of nitro benzene ring substituents is 1. The summed E-state index contributed by atoms with van der Waals surface area (Å²) in [4.78, 5) is 12.4. The van der Waals surface area contributed by atoms with E-state index < -0.39 is 14.9 Å². The molecule has 3 fully saturated rings. The van der Waals surface area contributed by atoms with Crippen molar-refractivity contribution in [3.8, 4) is 0 Å². The van der Waals surface area contributed by atoms with Gasteiger partial charge in [-0.1, -0.05) is 6.07 Å². The Labute approximate surface area is 159 Å². The van der Waals surface area contributed by atoms with Gasteiger partial charge < -0.3 is 4.90 Å². The number of rotatable bonds is 4. The molecular weight excluding hydrogens is 386 g/mol. The topological polar surface area (TPSA) is 127 Å². The van der Waals surface area contributed by atoms with Gasteiger partial charge in [0.2, 0.25) is 10.0 Å². The zero-order valence-corrected chi connectivity index (χ0v) is 15.3. The molecule has 3 saturated heterocycles. The van der Waals surface area contributed by atoms with Crippen LogP contribution in [0.2, 0.25) is 0 Å². The maximum absolute atomic E-state index is 13.0. The fraction of sp³-hybridized carbons (Fsp3) is 0.312. The summed E-state index contributed by atoms with van der Waals surface area (Å²) in [7, 11) is -3.79. The van der Waals surface area contributed by atoms with Gasteiger partial charge in [0.1, 0.15) is 12.1 Å². The number of benzene rings is 1. The van der Waals surface area contributed by atoms with Crippen molar-refractivity contribution in [1.29, 1.82) is 0 Å². The molecule has 0 radical (unpaired) electrons. The average Bonchev–Trinajstić information content (AvgIpc) is 3.15. The van der Waals surface area contributed by atoms with E-state index >= 15 is 0 Å². The molecule has 0 amide bonds. The number of piperidine rings is 1. The van der Waals surface area contributed by atoms with Gasteiger partial charge in [-0.25, -0.2) is 8.42 Å². The lowest BCUT2D eigenvalue weighted by Crippen LogP contribution is -2.70. The molecule has 2 aromatic heterocycles. The second kappa shape index (κ2) is 5.94. The van der Waals surface area contributed by atoms with Gasteiger partial charge in [-0.15, -0.1) is 15.3 Å². The predicted octanol–water partition coefficient (Wildman–Crippen LogP) is 0.684. The van der Waals surface area contributed by atoms with Crippen molar-refractivity contribution in [3.63, 3.8) is 0 Å². The van der Waals surface area contributed by atoms with E-state index in [1.807, 2.05) is 17.0 Å². The molecule has 144 valence electrons. The van der Waals surface area contributed by atoms with Gasteiger partial charge in [0.05, 0.1) is 9.82 Å². The van der Waals surface area contributed by atoms with Crippen LogP contribution in [0.5, 0.6) is 0 Å². The van der Waals surface area contributed by atoms with Crippen LogP contribution in [-0.2, 0) is 10.0 Å². The number of non-ortho nitro benzene ring substituents is 1. The normalized spacial score (nSPS) is 22.2. The fourth-order valence-corrected chi connectivity index (χ4v) is 5.78. The number of hydrogen-bond acceptors (Lipinski definition) is 8. The third-order valence-corrected chi connectivity index (χ3v) is 7.20. The molecule has 28 heavy (non-hydrogen) atoms. The number of anilines is 1. The Kier molecular flexibility index (Phi) is 3.61. The number of nitro groups is 1. The van der Waals surface area contributed by atoms with Crippen LogP contribution in [0.25, 0.3) is 5.65 Å². The molecule has 3 aliphatic heterocycles. The Hall–Kier alpha value is -3.12. The first-order valence-electron chi connectivity index (χ1n) is 8.63. The van der Waals surface area contributed by atoms with Gasteiger partial charge in [-0.2, -0.15) is 8.82 Å². The first kappa shape index (κ1) is 17.0. The number of aromatic nitrogens is 4. The molecule has 3 aromatic rings. The van der Waals surface area contributed by atoms with E-state index in [0.717, 1.165) is 18.3 Å².